The van der Waals surface area contributed by atoms with E-state index in [1.807, 2.05) is 14.0 Å². The Kier molecular flexibility index (Phi) is 5.03. The summed E-state index contributed by atoms with van der Waals surface area (Å²) in [4.78, 5) is 2.18. The van der Waals surface area contributed by atoms with Crippen LogP contribution in [0.4, 0.5) is 0 Å². The van der Waals surface area contributed by atoms with Gasteiger partial charge in [0.05, 0.1) is 0 Å². The highest BCUT2D eigenvalue weighted by Gasteiger charge is 2.36. The molecule has 1 aliphatic rings. The van der Waals surface area contributed by atoms with Crippen molar-refractivity contribution in [3.63, 3.8) is 0 Å². The molecule has 1 atom stereocenters. The fourth-order valence-electron chi connectivity index (χ4n) is 2.87. The molecule has 21 heavy (non-hydrogen) atoms. The molecule has 120 valence electrons. The maximum Gasteiger partial charge on any atom is 0.263 e. The molecule has 0 aliphatic carbocycles. The van der Waals surface area contributed by atoms with Gasteiger partial charge in [-0.15, -0.1) is 0 Å². The van der Waals surface area contributed by atoms with Crippen LogP contribution in [-0.2, 0) is 16.6 Å². The second-order valence-electron chi connectivity index (χ2n) is 5.63. The molecule has 0 bridgehead atoms. The minimum Gasteiger partial charge on any atom is -0.326 e. The van der Waals surface area contributed by atoms with E-state index in [0.29, 0.717) is 12.1 Å². The summed E-state index contributed by atoms with van der Waals surface area (Å²) in [5.41, 5.74) is 7.00. The quantitative estimate of drug-likeness (QED) is 0.832. The fraction of sp³-hybridized carbons (Fsp3) is 0.769. The first-order valence-corrected chi connectivity index (χ1v) is 8.80. The number of aryl methyl sites for hydroxylation is 1. The number of hydrogen-bond donors (Lipinski definition) is 2. The van der Waals surface area contributed by atoms with Gasteiger partial charge in [-0.05, 0) is 33.4 Å². The summed E-state index contributed by atoms with van der Waals surface area (Å²) in [5, 5.41) is 6.84. The number of hydrogen-bond acceptors (Lipinski definition) is 5. The predicted molar refractivity (Wildman–Crippen MR) is 81.3 cm³/mol. The second kappa shape index (κ2) is 6.43. The highest BCUT2D eigenvalue weighted by atomic mass is 32.2. The summed E-state index contributed by atoms with van der Waals surface area (Å²) >= 11 is 0. The summed E-state index contributed by atoms with van der Waals surface area (Å²) in [6.45, 7) is 6.17. The van der Waals surface area contributed by atoms with Gasteiger partial charge < -0.3 is 10.6 Å². The van der Waals surface area contributed by atoms with Crippen molar-refractivity contribution in [2.45, 2.75) is 44.3 Å². The molecule has 1 aromatic heterocycles. The predicted octanol–water partition coefficient (Wildman–Crippen LogP) is 0.282. The molecular weight excluding hydrogens is 290 g/mol. The summed E-state index contributed by atoms with van der Waals surface area (Å²) in [6.07, 6.45) is 1.61. The van der Waals surface area contributed by atoms with Crippen molar-refractivity contribution in [3.8, 4) is 0 Å². The van der Waals surface area contributed by atoms with Crippen LogP contribution in [0.1, 0.15) is 31.0 Å². The van der Waals surface area contributed by atoms with Gasteiger partial charge in [-0.3, -0.25) is 5.10 Å². The Morgan fingerprint density at radius 3 is 2.76 bits per heavy atom. The zero-order valence-electron chi connectivity index (χ0n) is 13.0. The number of H-pyrrole nitrogens is 1. The zero-order valence-corrected chi connectivity index (χ0v) is 13.8. The first-order valence-electron chi connectivity index (χ1n) is 7.36. The minimum absolute atomic E-state index is 0.0230. The largest absolute Gasteiger partial charge is 0.326 e. The van der Waals surface area contributed by atoms with Crippen LogP contribution in [0, 0.1) is 6.92 Å². The molecule has 1 aliphatic heterocycles. The SMILES string of the molecule is CCC1CN(C)CCCN1S(=O)(=O)c1n[nH]c(C)c1CN. The molecular formula is C13H25N5O2S. The number of nitrogens with zero attached hydrogens (tertiary/aromatic N) is 3. The van der Waals surface area contributed by atoms with Crippen LogP contribution in [0.5, 0.6) is 0 Å². The first-order chi connectivity index (χ1) is 9.91. The number of aromatic nitrogens is 2. The lowest BCUT2D eigenvalue weighted by atomic mass is 10.2. The first kappa shape index (κ1) is 16.4. The Bertz CT molecular complexity index is 583. The summed E-state index contributed by atoms with van der Waals surface area (Å²) < 4.78 is 27.6. The van der Waals surface area contributed by atoms with Crippen molar-refractivity contribution in [1.82, 2.24) is 19.4 Å². The number of nitrogens with two attached hydrogens (primary N) is 1. The topological polar surface area (TPSA) is 95.3 Å². The third-order valence-corrected chi connectivity index (χ3v) is 6.04. The van der Waals surface area contributed by atoms with Gasteiger partial charge in [0.25, 0.3) is 10.0 Å². The Morgan fingerprint density at radius 2 is 2.14 bits per heavy atom. The van der Waals surface area contributed by atoms with E-state index in [9.17, 15) is 8.42 Å². The molecule has 3 N–H and O–H groups in total. The van der Waals surface area contributed by atoms with E-state index in [-0.39, 0.29) is 17.6 Å². The minimum atomic E-state index is -3.61. The number of rotatable bonds is 4. The Balaban J connectivity index is 2.41. The lowest BCUT2D eigenvalue weighted by Crippen LogP contribution is -2.43. The second-order valence-corrected chi connectivity index (χ2v) is 7.44. The van der Waals surface area contributed by atoms with Crippen LogP contribution in [-0.4, -0.2) is 60.5 Å². The number of likely N-dealkylation sites (N-methyl/N-ethyl adjacent to an activating group) is 1. The third-order valence-electron chi connectivity index (χ3n) is 4.11. The van der Waals surface area contributed by atoms with Gasteiger partial charge in [-0.25, -0.2) is 8.42 Å². The summed E-state index contributed by atoms with van der Waals surface area (Å²) in [6, 6.07) is -0.0230. The number of nitrogens with one attached hydrogen (secondary N) is 1. The average Bonchev–Trinajstić information content (AvgIpc) is 2.71. The molecule has 7 nitrogen and oxygen atoms in total. The third kappa shape index (κ3) is 3.13. The van der Waals surface area contributed by atoms with Crippen molar-refractivity contribution in [2.24, 2.45) is 5.73 Å². The van der Waals surface area contributed by atoms with Gasteiger partial charge in [-0.1, -0.05) is 6.92 Å². The zero-order chi connectivity index (χ0) is 15.6. The van der Waals surface area contributed by atoms with Gasteiger partial charge in [0.2, 0.25) is 0 Å². The van der Waals surface area contributed by atoms with Crippen molar-refractivity contribution in [2.75, 3.05) is 26.7 Å². The van der Waals surface area contributed by atoms with Crippen molar-refractivity contribution in [3.05, 3.63) is 11.3 Å². The summed E-state index contributed by atoms with van der Waals surface area (Å²) in [7, 11) is -1.58. The Morgan fingerprint density at radius 1 is 1.43 bits per heavy atom. The van der Waals surface area contributed by atoms with Gasteiger partial charge >= 0.3 is 0 Å². The van der Waals surface area contributed by atoms with E-state index in [1.54, 1.807) is 11.2 Å². The van der Waals surface area contributed by atoms with Crippen LogP contribution in [0.3, 0.4) is 0 Å². The number of sulfonamides is 1. The van der Waals surface area contributed by atoms with Gasteiger partial charge in [-0.2, -0.15) is 9.40 Å². The highest BCUT2D eigenvalue weighted by Crippen LogP contribution is 2.24. The van der Waals surface area contributed by atoms with Crippen molar-refractivity contribution < 1.29 is 8.42 Å². The maximum atomic E-state index is 13.0. The average molecular weight is 315 g/mol. The fourth-order valence-corrected chi connectivity index (χ4v) is 4.77. The summed E-state index contributed by atoms with van der Waals surface area (Å²) in [5.74, 6) is 0. The molecule has 0 aromatic carbocycles. The molecule has 1 saturated heterocycles. The standard InChI is InChI=1S/C13H25N5O2S/c1-4-11-9-17(3)6-5-7-18(11)21(19,20)13-12(8-14)10(2)15-16-13/h11H,4-9,14H2,1-3H3,(H,15,16). The van der Waals surface area contributed by atoms with Crippen LogP contribution in [0.25, 0.3) is 0 Å². The molecule has 0 spiro atoms. The highest BCUT2D eigenvalue weighted by molar-refractivity contribution is 7.89. The molecule has 1 fully saturated rings. The van der Waals surface area contributed by atoms with Gasteiger partial charge in [0.1, 0.15) is 0 Å². The molecule has 0 saturated carbocycles. The van der Waals surface area contributed by atoms with Gasteiger partial charge in [0.15, 0.2) is 5.03 Å². The lowest BCUT2D eigenvalue weighted by molar-refractivity contribution is 0.270. The molecule has 0 radical (unpaired) electrons. The van der Waals surface area contributed by atoms with E-state index in [4.69, 9.17) is 5.73 Å². The van der Waals surface area contributed by atoms with Crippen molar-refractivity contribution >= 4 is 10.0 Å². The monoisotopic (exact) mass is 315 g/mol. The van der Waals surface area contributed by atoms with E-state index >= 15 is 0 Å². The molecule has 2 rings (SSSR count). The van der Waals surface area contributed by atoms with E-state index in [2.05, 4.69) is 15.1 Å². The smallest absolute Gasteiger partial charge is 0.263 e. The molecule has 2 heterocycles. The Labute approximate surface area is 126 Å². The molecule has 1 unspecified atom stereocenters. The molecule has 8 heteroatoms. The normalized spacial score (nSPS) is 22.4. The molecule has 0 amide bonds. The van der Waals surface area contributed by atoms with Crippen LogP contribution in [0.2, 0.25) is 0 Å². The van der Waals surface area contributed by atoms with E-state index < -0.39 is 10.0 Å². The van der Waals surface area contributed by atoms with Crippen molar-refractivity contribution in [1.29, 1.82) is 0 Å². The van der Waals surface area contributed by atoms with Crippen LogP contribution in [0.15, 0.2) is 5.03 Å². The Hall–Kier alpha value is -0.960. The lowest BCUT2D eigenvalue weighted by Gasteiger charge is -2.28. The number of aromatic amines is 1. The van der Waals surface area contributed by atoms with Crippen LogP contribution < -0.4 is 5.73 Å². The molecule has 1 aromatic rings. The maximum absolute atomic E-state index is 13.0. The van der Waals surface area contributed by atoms with Gasteiger partial charge in [0, 0.05) is 36.9 Å². The van der Waals surface area contributed by atoms with E-state index in [0.717, 1.165) is 31.6 Å². The van der Waals surface area contributed by atoms with E-state index in [1.165, 1.54) is 0 Å². The van der Waals surface area contributed by atoms with Crippen LogP contribution >= 0.6 is 0 Å².